The average Bonchev–Trinajstić information content (AvgIpc) is 2.10. The lowest BCUT2D eigenvalue weighted by Crippen LogP contribution is -2.44. The Kier molecular flexibility index (Phi) is 5.67. The Morgan fingerprint density at radius 3 is 2.71 bits per heavy atom. The van der Waals surface area contributed by atoms with Crippen LogP contribution in [0, 0.1) is 0 Å². The lowest BCUT2D eigenvalue weighted by molar-refractivity contribution is -0.142. The van der Waals surface area contributed by atoms with Crippen LogP contribution in [-0.2, 0) is 4.79 Å². The smallest absolute Gasteiger partial charge is 0.323 e. The van der Waals surface area contributed by atoms with E-state index in [1.165, 1.54) is 6.92 Å². The molecule has 6 nitrogen and oxygen atoms in total. The first-order valence-electron chi connectivity index (χ1n) is 4.54. The van der Waals surface area contributed by atoms with Crippen LogP contribution in [0.2, 0.25) is 0 Å². The number of carboxylic acids is 1. The Labute approximate surface area is 82.7 Å². The highest BCUT2D eigenvalue weighted by atomic mass is 16.4. The van der Waals surface area contributed by atoms with Crippen molar-refractivity contribution in [3.63, 3.8) is 0 Å². The van der Waals surface area contributed by atoms with Gasteiger partial charge in [0.25, 0.3) is 0 Å². The summed E-state index contributed by atoms with van der Waals surface area (Å²) in [6.07, 6.45) is 2.79. The molecule has 1 unspecified atom stereocenters. The highest BCUT2D eigenvalue weighted by Gasteiger charge is 2.26. The van der Waals surface area contributed by atoms with E-state index in [0.29, 0.717) is 13.0 Å². The third kappa shape index (κ3) is 5.40. The number of nitrogens with two attached hydrogens (primary N) is 1. The number of nitrogens with zero attached hydrogens (tertiary/aromatic N) is 3. The normalized spacial score (nSPS) is 14.1. The molecule has 3 N–H and O–H groups in total. The first-order valence-corrected chi connectivity index (χ1v) is 4.54. The monoisotopic (exact) mass is 200 g/mol. The van der Waals surface area contributed by atoms with Gasteiger partial charge in [0.05, 0.1) is 0 Å². The summed E-state index contributed by atoms with van der Waals surface area (Å²) in [6, 6.07) is 0. The second kappa shape index (κ2) is 6.23. The summed E-state index contributed by atoms with van der Waals surface area (Å²) >= 11 is 0. The van der Waals surface area contributed by atoms with Crippen molar-refractivity contribution < 1.29 is 9.90 Å². The summed E-state index contributed by atoms with van der Waals surface area (Å²) in [5.74, 6) is -0.979. The van der Waals surface area contributed by atoms with Gasteiger partial charge in [0.15, 0.2) is 0 Å². The first-order chi connectivity index (χ1) is 6.50. The van der Waals surface area contributed by atoms with E-state index >= 15 is 0 Å². The number of carbonyl (C=O) groups is 1. The lowest BCUT2D eigenvalue weighted by atomic mass is 9.96. The van der Waals surface area contributed by atoms with Gasteiger partial charge in [-0.2, -0.15) is 0 Å². The van der Waals surface area contributed by atoms with Crippen LogP contribution in [0.1, 0.15) is 32.6 Å². The standard InChI is InChI=1S/C8H16N4O2/c1-8(9,7(13)14)5-3-2-4-6-11-12-10/h2-6,9H2,1H3,(H,13,14). The minimum Gasteiger partial charge on any atom is -0.480 e. The van der Waals surface area contributed by atoms with Crippen LogP contribution in [-0.4, -0.2) is 23.2 Å². The van der Waals surface area contributed by atoms with Gasteiger partial charge in [-0.25, -0.2) is 0 Å². The third-order valence-electron chi connectivity index (χ3n) is 2.01. The van der Waals surface area contributed by atoms with E-state index in [2.05, 4.69) is 10.0 Å². The minimum atomic E-state index is -1.14. The molecule has 0 saturated carbocycles. The van der Waals surface area contributed by atoms with E-state index in [1.807, 2.05) is 0 Å². The zero-order valence-electron chi connectivity index (χ0n) is 8.31. The van der Waals surface area contributed by atoms with E-state index in [4.69, 9.17) is 16.4 Å². The molecule has 0 aliphatic heterocycles. The van der Waals surface area contributed by atoms with E-state index in [9.17, 15) is 4.79 Å². The second-order valence-electron chi connectivity index (χ2n) is 3.49. The Bertz CT molecular complexity index is 233. The number of unbranched alkanes of at least 4 members (excludes halogenated alkanes) is 2. The van der Waals surface area contributed by atoms with Crippen LogP contribution in [0.15, 0.2) is 5.11 Å². The van der Waals surface area contributed by atoms with Gasteiger partial charge in [-0.1, -0.05) is 18.0 Å². The van der Waals surface area contributed by atoms with E-state index in [0.717, 1.165) is 19.3 Å². The van der Waals surface area contributed by atoms with Gasteiger partial charge in [-0.3, -0.25) is 4.79 Å². The van der Waals surface area contributed by atoms with Crippen LogP contribution in [0.3, 0.4) is 0 Å². The molecule has 1 atom stereocenters. The van der Waals surface area contributed by atoms with Crippen LogP contribution in [0.25, 0.3) is 10.4 Å². The SMILES string of the molecule is CC(N)(CCCCCN=[N+]=[N-])C(=O)O. The van der Waals surface area contributed by atoms with Gasteiger partial charge in [-0.05, 0) is 25.3 Å². The highest BCUT2D eigenvalue weighted by Crippen LogP contribution is 2.11. The summed E-state index contributed by atoms with van der Waals surface area (Å²) < 4.78 is 0. The molecule has 0 aliphatic carbocycles. The van der Waals surface area contributed by atoms with Crippen molar-refractivity contribution in [1.29, 1.82) is 0 Å². The first kappa shape index (κ1) is 12.7. The Balaban J connectivity index is 3.54. The van der Waals surface area contributed by atoms with Crippen molar-refractivity contribution in [2.24, 2.45) is 10.8 Å². The molecule has 0 spiro atoms. The quantitative estimate of drug-likeness (QED) is 0.282. The molecule has 0 aromatic heterocycles. The van der Waals surface area contributed by atoms with Crippen molar-refractivity contribution in [2.75, 3.05) is 6.54 Å². The van der Waals surface area contributed by atoms with E-state index in [1.54, 1.807) is 0 Å². The van der Waals surface area contributed by atoms with Gasteiger partial charge < -0.3 is 10.8 Å². The molecule has 6 heteroatoms. The summed E-state index contributed by atoms with van der Waals surface area (Å²) in [5.41, 5.74) is 12.4. The second-order valence-corrected chi connectivity index (χ2v) is 3.49. The Morgan fingerprint density at radius 2 is 2.21 bits per heavy atom. The van der Waals surface area contributed by atoms with Crippen molar-refractivity contribution in [3.8, 4) is 0 Å². The van der Waals surface area contributed by atoms with Crippen molar-refractivity contribution >= 4 is 5.97 Å². The highest BCUT2D eigenvalue weighted by molar-refractivity contribution is 5.77. The number of rotatable bonds is 7. The predicted molar refractivity (Wildman–Crippen MR) is 52.7 cm³/mol. The molecule has 14 heavy (non-hydrogen) atoms. The fourth-order valence-corrected chi connectivity index (χ4v) is 1.00. The van der Waals surface area contributed by atoms with Gasteiger partial charge >= 0.3 is 5.97 Å². The Morgan fingerprint density at radius 1 is 1.57 bits per heavy atom. The number of carboxylic acid groups (broad SMARTS) is 1. The molecule has 0 heterocycles. The molecular weight excluding hydrogens is 184 g/mol. The van der Waals surface area contributed by atoms with Gasteiger partial charge in [0, 0.05) is 11.5 Å². The Hall–Kier alpha value is -1.26. The van der Waals surface area contributed by atoms with Crippen LogP contribution in [0.5, 0.6) is 0 Å². The van der Waals surface area contributed by atoms with Gasteiger partial charge in [0.2, 0.25) is 0 Å². The van der Waals surface area contributed by atoms with Gasteiger partial charge in [-0.15, -0.1) is 0 Å². The summed E-state index contributed by atoms with van der Waals surface area (Å²) in [5, 5.41) is 12.1. The van der Waals surface area contributed by atoms with Crippen molar-refractivity contribution in [3.05, 3.63) is 10.4 Å². The van der Waals surface area contributed by atoms with Crippen LogP contribution < -0.4 is 5.73 Å². The molecule has 0 fully saturated rings. The largest absolute Gasteiger partial charge is 0.480 e. The third-order valence-corrected chi connectivity index (χ3v) is 2.01. The van der Waals surface area contributed by atoms with Crippen molar-refractivity contribution in [2.45, 2.75) is 38.1 Å². The average molecular weight is 200 g/mol. The van der Waals surface area contributed by atoms with Crippen molar-refractivity contribution in [1.82, 2.24) is 0 Å². The molecule has 0 rings (SSSR count). The van der Waals surface area contributed by atoms with E-state index < -0.39 is 11.5 Å². The molecule has 80 valence electrons. The number of aliphatic carboxylic acids is 1. The maximum absolute atomic E-state index is 10.6. The van der Waals surface area contributed by atoms with Crippen LogP contribution in [0.4, 0.5) is 0 Å². The molecular formula is C8H16N4O2. The summed E-state index contributed by atoms with van der Waals surface area (Å²) in [7, 11) is 0. The molecule has 0 aliphatic rings. The molecule has 0 aromatic carbocycles. The maximum atomic E-state index is 10.6. The summed E-state index contributed by atoms with van der Waals surface area (Å²) in [4.78, 5) is 13.2. The molecule has 0 saturated heterocycles. The zero-order chi connectivity index (χ0) is 11.0. The zero-order valence-corrected chi connectivity index (χ0v) is 8.31. The van der Waals surface area contributed by atoms with Crippen LogP contribution >= 0.6 is 0 Å². The fourth-order valence-electron chi connectivity index (χ4n) is 1.00. The molecule has 0 radical (unpaired) electrons. The van der Waals surface area contributed by atoms with E-state index in [-0.39, 0.29) is 0 Å². The number of hydrogen-bond donors (Lipinski definition) is 2. The predicted octanol–water partition coefficient (Wildman–Crippen LogP) is 1.66. The number of azide groups is 1. The fraction of sp³-hybridized carbons (Fsp3) is 0.875. The minimum absolute atomic E-state index is 0.443. The molecule has 0 amide bonds. The maximum Gasteiger partial charge on any atom is 0.323 e. The summed E-state index contributed by atoms with van der Waals surface area (Å²) in [6.45, 7) is 1.97. The lowest BCUT2D eigenvalue weighted by Gasteiger charge is -2.18. The topological polar surface area (TPSA) is 112 Å². The number of hydrogen-bond acceptors (Lipinski definition) is 3. The van der Waals surface area contributed by atoms with Gasteiger partial charge in [0.1, 0.15) is 5.54 Å². The molecule has 0 bridgehead atoms. The molecule has 0 aromatic rings.